The Bertz CT molecular complexity index is 877. The zero-order chi connectivity index (χ0) is 17.1. The summed E-state index contributed by atoms with van der Waals surface area (Å²) in [6, 6.07) is 15.2. The van der Waals surface area contributed by atoms with Crippen molar-refractivity contribution in [1.82, 2.24) is 4.98 Å². The minimum Gasteiger partial charge on any atom is -0.454 e. The van der Waals surface area contributed by atoms with Gasteiger partial charge in [0.25, 0.3) is 0 Å². The van der Waals surface area contributed by atoms with Crippen molar-refractivity contribution in [3.8, 4) is 0 Å². The first-order valence-corrected chi connectivity index (χ1v) is 7.90. The highest BCUT2D eigenvalue weighted by molar-refractivity contribution is 6.10. The van der Waals surface area contributed by atoms with Gasteiger partial charge in [0.2, 0.25) is 5.78 Å². The predicted octanol–water partition coefficient (Wildman–Crippen LogP) is 3.83. The Kier molecular flexibility index (Phi) is 4.47. The molecule has 0 fully saturated rings. The minimum atomic E-state index is -0.817. The van der Waals surface area contributed by atoms with Crippen molar-refractivity contribution in [3.63, 3.8) is 0 Å². The van der Waals surface area contributed by atoms with E-state index in [0.29, 0.717) is 5.56 Å². The van der Waals surface area contributed by atoms with E-state index >= 15 is 0 Å². The molecule has 0 aliphatic heterocycles. The van der Waals surface area contributed by atoms with E-state index in [1.807, 2.05) is 55.5 Å². The molecule has 2 aromatic carbocycles. The number of carbonyl (C=O) groups is 2. The first-order valence-electron chi connectivity index (χ1n) is 7.90. The summed E-state index contributed by atoms with van der Waals surface area (Å²) in [5.74, 6) is -0.607. The number of ether oxygens (including phenoxy) is 1. The molecular formula is C20H19NO3. The summed E-state index contributed by atoms with van der Waals surface area (Å²) < 4.78 is 5.32. The first kappa shape index (κ1) is 16.0. The number of carbonyl (C=O) groups excluding carboxylic acids is 2. The summed E-state index contributed by atoms with van der Waals surface area (Å²) in [5, 5.41) is 0.837. The van der Waals surface area contributed by atoms with Crippen LogP contribution in [0.5, 0.6) is 0 Å². The molecule has 0 spiro atoms. The van der Waals surface area contributed by atoms with Gasteiger partial charge in [-0.2, -0.15) is 0 Å². The minimum absolute atomic E-state index is 0.159. The molecular weight excluding hydrogens is 302 g/mol. The van der Waals surface area contributed by atoms with Crippen LogP contribution in [0.25, 0.3) is 10.9 Å². The smallest absolute Gasteiger partial charge is 0.310 e. The summed E-state index contributed by atoms with van der Waals surface area (Å²) in [5.41, 5.74) is 3.44. The number of aromatic amines is 1. The van der Waals surface area contributed by atoms with Crippen molar-refractivity contribution in [2.75, 3.05) is 0 Å². The number of fused-ring (bicyclic) bond motifs is 1. The number of para-hydroxylation sites is 1. The van der Waals surface area contributed by atoms with Gasteiger partial charge in [-0.3, -0.25) is 9.59 Å². The van der Waals surface area contributed by atoms with Crippen LogP contribution >= 0.6 is 0 Å². The van der Waals surface area contributed by atoms with Gasteiger partial charge in [0.15, 0.2) is 6.10 Å². The van der Waals surface area contributed by atoms with Crippen LogP contribution in [0, 0.1) is 6.92 Å². The third-order valence-corrected chi connectivity index (χ3v) is 4.00. The van der Waals surface area contributed by atoms with Crippen LogP contribution in [0.1, 0.15) is 28.4 Å². The number of rotatable bonds is 5. The van der Waals surface area contributed by atoms with Crippen LogP contribution < -0.4 is 0 Å². The topological polar surface area (TPSA) is 59.2 Å². The van der Waals surface area contributed by atoms with Crippen LogP contribution in [0.3, 0.4) is 0 Å². The molecule has 1 heterocycles. The zero-order valence-electron chi connectivity index (χ0n) is 13.7. The number of hydrogen-bond acceptors (Lipinski definition) is 3. The van der Waals surface area contributed by atoms with E-state index in [0.717, 1.165) is 22.0 Å². The maximum atomic E-state index is 12.6. The van der Waals surface area contributed by atoms with Crippen molar-refractivity contribution in [2.45, 2.75) is 26.4 Å². The van der Waals surface area contributed by atoms with E-state index in [9.17, 15) is 9.59 Å². The van der Waals surface area contributed by atoms with Crippen LogP contribution in [0.2, 0.25) is 0 Å². The van der Waals surface area contributed by atoms with Crippen LogP contribution in [-0.4, -0.2) is 22.8 Å². The zero-order valence-corrected chi connectivity index (χ0v) is 13.7. The molecule has 4 heteroatoms. The number of Topliss-reactive ketones (excluding diaryl/α,β-unsaturated/α-hetero) is 1. The lowest BCUT2D eigenvalue weighted by atomic mass is 10.1. The van der Waals surface area contributed by atoms with Crippen molar-refractivity contribution in [1.29, 1.82) is 0 Å². The predicted molar refractivity (Wildman–Crippen MR) is 93.1 cm³/mol. The normalized spacial score (nSPS) is 12.1. The molecule has 0 unspecified atom stereocenters. The summed E-state index contributed by atoms with van der Waals surface area (Å²) in [4.78, 5) is 27.7. The number of benzene rings is 2. The Balaban J connectivity index is 1.67. The summed E-state index contributed by atoms with van der Waals surface area (Å²) in [6.07, 6.45) is 1.01. The molecule has 0 bridgehead atoms. The van der Waals surface area contributed by atoms with E-state index in [2.05, 4.69) is 4.98 Å². The third kappa shape index (κ3) is 3.38. The molecule has 3 aromatic rings. The number of esters is 1. The fourth-order valence-electron chi connectivity index (χ4n) is 2.66. The Morgan fingerprint density at radius 2 is 1.79 bits per heavy atom. The first-order chi connectivity index (χ1) is 11.5. The average Bonchev–Trinajstić information content (AvgIpc) is 3.00. The fourth-order valence-corrected chi connectivity index (χ4v) is 2.66. The van der Waals surface area contributed by atoms with Crippen molar-refractivity contribution < 1.29 is 14.3 Å². The highest BCUT2D eigenvalue weighted by atomic mass is 16.5. The second-order valence-corrected chi connectivity index (χ2v) is 5.91. The number of hydrogen-bond donors (Lipinski definition) is 1. The second kappa shape index (κ2) is 6.71. The molecule has 1 aromatic heterocycles. The quantitative estimate of drug-likeness (QED) is 0.574. The molecule has 1 N–H and O–H groups in total. The van der Waals surface area contributed by atoms with Gasteiger partial charge in [-0.25, -0.2) is 0 Å². The molecule has 0 aliphatic rings. The monoisotopic (exact) mass is 321 g/mol. The van der Waals surface area contributed by atoms with Gasteiger partial charge < -0.3 is 9.72 Å². The lowest BCUT2D eigenvalue weighted by Crippen LogP contribution is -2.25. The van der Waals surface area contributed by atoms with E-state index in [1.165, 1.54) is 0 Å². The second-order valence-electron chi connectivity index (χ2n) is 5.91. The summed E-state index contributed by atoms with van der Waals surface area (Å²) >= 11 is 0. The molecule has 24 heavy (non-hydrogen) atoms. The number of aryl methyl sites for hydroxylation is 1. The third-order valence-electron chi connectivity index (χ3n) is 4.00. The number of nitrogens with one attached hydrogen (secondary N) is 1. The van der Waals surface area contributed by atoms with Crippen molar-refractivity contribution >= 4 is 22.7 Å². The molecule has 4 nitrogen and oxygen atoms in total. The average molecular weight is 321 g/mol. The lowest BCUT2D eigenvalue weighted by Gasteiger charge is -2.12. The molecule has 122 valence electrons. The fraction of sp³-hybridized carbons (Fsp3) is 0.200. The van der Waals surface area contributed by atoms with E-state index in [1.54, 1.807) is 13.1 Å². The van der Waals surface area contributed by atoms with Gasteiger partial charge in [-0.1, -0.05) is 48.0 Å². The number of ketones is 1. The largest absolute Gasteiger partial charge is 0.454 e. The Morgan fingerprint density at radius 1 is 1.08 bits per heavy atom. The van der Waals surface area contributed by atoms with Crippen LogP contribution in [0.4, 0.5) is 0 Å². The van der Waals surface area contributed by atoms with Crippen molar-refractivity contribution in [3.05, 3.63) is 71.4 Å². The van der Waals surface area contributed by atoms with Gasteiger partial charge in [0.1, 0.15) is 0 Å². The highest BCUT2D eigenvalue weighted by Gasteiger charge is 2.22. The molecule has 0 saturated carbocycles. The SMILES string of the molecule is Cc1ccc(CC(=O)O[C@H](C)C(=O)c2c[nH]c3ccccc23)cc1. The van der Waals surface area contributed by atoms with Crippen LogP contribution in [-0.2, 0) is 16.0 Å². The van der Waals surface area contributed by atoms with Crippen molar-refractivity contribution in [2.24, 2.45) is 0 Å². The lowest BCUT2D eigenvalue weighted by molar-refractivity contribution is -0.145. The Labute approximate surface area is 140 Å². The van der Waals surface area contributed by atoms with E-state index in [4.69, 9.17) is 4.74 Å². The molecule has 0 aliphatic carbocycles. The van der Waals surface area contributed by atoms with Gasteiger partial charge >= 0.3 is 5.97 Å². The summed E-state index contributed by atoms with van der Waals surface area (Å²) in [6.45, 7) is 3.60. The maximum absolute atomic E-state index is 12.6. The molecule has 1 atom stereocenters. The van der Waals surface area contributed by atoms with Gasteiger partial charge in [-0.15, -0.1) is 0 Å². The molecule has 0 amide bonds. The highest BCUT2D eigenvalue weighted by Crippen LogP contribution is 2.20. The number of aromatic nitrogens is 1. The molecule has 0 radical (unpaired) electrons. The summed E-state index contributed by atoms with van der Waals surface area (Å²) in [7, 11) is 0. The van der Waals surface area contributed by atoms with E-state index in [-0.39, 0.29) is 12.2 Å². The maximum Gasteiger partial charge on any atom is 0.310 e. The number of H-pyrrole nitrogens is 1. The Hall–Kier alpha value is -2.88. The van der Waals surface area contributed by atoms with Gasteiger partial charge in [-0.05, 0) is 25.5 Å². The van der Waals surface area contributed by atoms with Crippen LogP contribution in [0.15, 0.2) is 54.7 Å². The van der Waals surface area contributed by atoms with E-state index < -0.39 is 12.1 Å². The Morgan fingerprint density at radius 3 is 2.54 bits per heavy atom. The molecule has 0 saturated heterocycles. The molecule has 3 rings (SSSR count). The standard InChI is InChI=1S/C20H19NO3/c1-13-7-9-15(10-8-13)11-19(22)24-14(2)20(23)17-12-21-18-6-4-3-5-16(17)18/h3-10,12,14,21H,11H2,1-2H3/t14-/m1/s1. The van der Waals surface area contributed by atoms with Gasteiger partial charge in [0.05, 0.1) is 6.42 Å². The van der Waals surface area contributed by atoms with Gasteiger partial charge in [0, 0.05) is 22.7 Å².